The molecular formula is C15H25N3O5. The number of hydroxylamine groups is 2. The predicted octanol–water partition coefficient (Wildman–Crippen LogP) is 0.0762. The Labute approximate surface area is 136 Å². The molecule has 8 nitrogen and oxygen atoms in total. The third-order valence-corrected chi connectivity index (χ3v) is 3.45. The molecule has 0 aromatic carbocycles. The monoisotopic (exact) mass is 327 g/mol. The van der Waals surface area contributed by atoms with Crippen LogP contribution in [0.25, 0.3) is 0 Å². The molecule has 0 saturated carbocycles. The van der Waals surface area contributed by atoms with E-state index in [1.54, 1.807) is 0 Å². The summed E-state index contributed by atoms with van der Waals surface area (Å²) in [4.78, 5) is 52.9. The van der Waals surface area contributed by atoms with E-state index in [4.69, 9.17) is 4.84 Å². The molecule has 0 aromatic heterocycles. The third kappa shape index (κ3) is 5.97. The van der Waals surface area contributed by atoms with Crippen LogP contribution in [0, 0.1) is 5.92 Å². The highest BCUT2D eigenvalue weighted by molar-refractivity contribution is 6.01. The van der Waals surface area contributed by atoms with E-state index in [1.807, 2.05) is 32.8 Å². The molecule has 8 heteroatoms. The van der Waals surface area contributed by atoms with Gasteiger partial charge in [-0.2, -0.15) is 0 Å². The highest BCUT2D eigenvalue weighted by Crippen LogP contribution is 2.12. The maximum absolute atomic E-state index is 12.1. The lowest BCUT2D eigenvalue weighted by Crippen LogP contribution is -2.45. The Morgan fingerprint density at radius 3 is 2.26 bits per heavy atom. The predicted molar refractivity (Wildman–Crippen MR) is 81.7 cm³/mol. The summed E-state index contributed by atoms with van der Waals surface area (Å²) in [6.07, 6.45) is 0.718. The third-order valence-electron chi connectivity index (χ3n) is 3.45. The Morgan fingerprint density at radius 1 is 1.22 bits per heavy atom. The van der Waals surface area contributed by atoms with Crippen LogP contribution in [-0.2, 0) is 24.0 Å². The molecule has 1 atom stereocenters. The SMILES string of the molecule is CC(C)C[C@@H](C(=O)NCCC(=O)ON1C(=O)CCC1=O)N(C)C. The summed E-state index contributed by atoms with van der Waals surface area (Å²) >= 11 is 0. The van der Waals surface area contributed by atoms with Crippen molar-refractivity contribution in [2.75, 3.05) is 20.6 Å². The van der Waals surface area contributed by atoms with Crippen LogP contribution < -0.4 is 5.32 Å². The van der Waals surface area contributed by atoms with Crippen molar-refractivity contribution in [2.24, 2.45) is 5.92 Å². The molecule has 1 aliphatic heterocycles. The molecule has 3 amide bonds. The summed E-state index contributed by atoms with van der Waals surface area (Å²) in [5.74, 6) is -1.55. The van der Waals surface area contributed by atoms with E-state index < -0.39 is 17.8 Å². The van der Waals surface area contributed by atoms with Crippen LogP contribution in [0.1, 0.15) is 39.5 Å². The average molecular weight is 327 g/mol. The number of imide groups is 1. The minimum absolute atomic E-state index is 0.0581. The second-order valence-electron chi connectivity index (χ2n) is 6.20. The zero-order chi connectivity index (χ0) is 17.6. The Hall–Kier alpha value is -1.96. The second-order valence-corrected chi connectivity index (χ2v) is 6.20. The summed E-state index contributed by atoms with van der Waals surface area (Å²) in [7, 11) is 3.65. The van der Waals surface area contributed by atoms with E-state index in [0.717, 1.165) is 0 Å². The normalized spacial score (nSPS) is 16.2. The van der Waals surface area contributed by atoms with Crippen molar-refractivity contribution in [2.45, 2.75) is 45.6 Å². The first-order valence-electron chi connectivity index (χ1n) is 7.73. The van der Waals surface area contributed by atoms with Gasteiger partial charge in [0.25, 0.3) is 11.8 Å². The van der Waals surface area contributed by atoms with Gasteiger partial charge in [0, 0.05) is 19.4 Å². The van der Waals surface area contributed by atoms with Gasteiger partial charge in [-0.25, -0.2) is 4.79 Å². The average Bonchev–Trinajstić information content (AvgIpc) is 2.76. The van der Waals surface area contributed by atoms with Gasteiger partial charge < -0.3 is 10.2 Å². The molecule has 0 bridgehead atoms. The van der Waals surface area contributed by atoms with E-state index in [0.29, 0.717) is 17.4 Å². The summed E-state index contributed by atoms with van der Waals surface area (Å²) < 4.78 is 0. The van der Waals surface area contributed by atoms with Crippen LogP contribution in [0.3, 0.4) is 0 Å². The maximum atomic E-state index is 12.1. The Bertz CT molecular complexity index is 460. The molecule has 1 rings (SSSR count). The van der Waals surface area contributed by atoms with Crippen molar-refractivity contribution in [3.63, 3.8) is 0 Å². The van der Waals surface area contributed by atoms with Crippen molar-refractivity contribution in [1.29, 1.82) is 0 Å². The highest BCUT2D eigenvalue weighted by Gasteiger charge is 2.32. The van der Waals surface area contributed by atoms with Gasteiger partial charge in [0.15, 0.2) is 0 Å². The smallest absolute Gasteiger partial charge is 0.334 e. The number of nitrogens with zero attached hydrogens (tertiary/aromatic N) is 2. The van der Waals surface area contributed by atoms with Crippen LogP contribution in [0.5, 0.6) is 0 Å². The molecule has 130 valence electrons. The van der Waals surface area contributed by atoms with Crippen LogP contribution in [0.4, 0.5) is 0 Å². The first kappa shape index (κ1) is 19.1. The standard InChI is InChI=1S/C15H25N3O5/c1-10(2)9-11(17(3)4)15(22)16-8-7-14(21)23-18-12(19)5-6-13(18)20/h10-11H,5-9H2,1-4H3,(H,16,22)/t11-/m0/s1. The molecule has 0 aliphatic carbocycles. The van der Waals surface area contributed by atoms with E-state index in [-0.39, 0.29) is 37.8 Å². The molecule has 1 N–H and O–H groups in total. The molecule has 0 aromatic rings. The zero-order valence-corrected chi connectivity index (χ0v) is 14.1. The number of amides is 3. The summed E-state index contributed by atoms with van der Waals surface area (Å²) in [5, 5.41) is 3.18. The van der Waals surface area contributed by atoms with Gasteiger partial charge in [0.2, 0.25) is 5.91 Å². The van der Waals surface area contributed by atoms with Crippen molar-refractivity contribution in [3.05, 3.63) is 0 Å². The van der Waals surface area contributed by atoms with Crippen LogP contribution in [0.15, 0.2) is 0 Å². The van der Waals surface area contributed by atoms with Gasteiger partial charge in [0.1, 0.15) is 0 Å². The molecule has 23 heavy (non-hydrogen) atoms. The minimum atomic E-state index is -0.723. The molecular weight excluding hydrogens is 302 g/mol. The number of likely N-dealkylation sites (N-methyl/N-ethyl adjacent to an activating group) is 1. The number of rotatable bonds is 8. The van der Waals surface area contributed by atoms with Crippen molar-refractivity contribution in [1.82, 2.24) is 15.3 Å². The fourth-order valence-corrected chi connectivity index (χ4v) is 2.21. The van der Waals surface area contributed by atoms with Gasteiger partial charge in [0.05, 0.1) is 12.5 Å². The Kier molecular flexibility index (Phi) is 7.15. The van der Waals surface area contributed by atoms with Crippen molar-refractivity contribution in [3.8, 4) is 0 Å². The summed E-state index contributed by atoms with van der Waals surface area (Å²) in [6.45, 7) is 4.16. The van der Waals surface area contributed by atoms with E-state index in [2.05, 4.69) is 5.32 Å². The van der Waals surface area contributed by atoms with Gasteiger partial charge in [-0.1, -0.05) is 13.8 Å². The fourth-order valence-electron chi connectivity index (χ4n) is 2.21. The molecule has 1 saturated heterocycles. The first-order chi connectivity index (χ1) is 10.7. The van der Waals surface area contributed by atoms with E-state index >= 15 is 0 Å². The lowest BCUT2D eigenvalue weighted by molar-refractivity contribution is -0.197. The Balaban J connectivity index is 2.37. The molecule has 0 radical (unpaired) electrons. The molecule has 1 fully saturated rings. The van der Waals surface area contributed by atoms with E-state index in [9.17, 15) is 19.2 Å². The van der Waals surface area contributed by atoms with Crippen molar-refractivity contribution >= 4 is 23.7 Å². The van der Waals surface area contributed by atoms with Crippen LogP contribution >= 0.6 is 0 Å². The zero-order valence-electron chi connectivity index (χ0n) is 14.1. The number of hydrogen-bond donors (Lipinski definition) is 1. The van der Waals surface area contributed by atoms with E-state index in [1.165, 1.54) is 0 Å². The summed E-state index contributed by atoms with van der Waals surface area (Å²) in [5.41, 5.74) is 0. The highest BCUT2D eigenvalue weighted by atomic mass is 16.7. The lowest BCUT2D eigenvalue weighted by atomic mass is 10.0. The van der Waals surface area contributed by atoms with Gasteiger partial charge in [-0.3, -0.25) is 19.3 Å². The number of carbonyl (C=O) groups is 4. The largest absolute Gasteiger partial charge is 0.354 e. The van der Waals surface area contributed by atoms with Gasteiger partial charge in [-0.05, 0) is 26.4 Å². The number of hydrogen-bond acceptors (Lipinski definition) is 6. The Morgan fingerprint density at radius 2 is 1.78 bits per heavy atom. The van der Waals surface area contributed by atoms with Gasteiger partial charge >= 0.3 is 5.97 Å². The fraction of sp³-hybridized carbons (Fsp3) is 0.733. The topological polar surface area (TPSA) is 96.0 Å². The van der Waals surface area contributed by atoms with Crippen LogP contribution in [-0.4, -0.2) is 60.3 Å². The maximum Gasteiger partial charge on any atom is 0.334 e. The lowest BCUT2D eigenvalue weighted by Gasteiger charge is -2.24. The molecule has 0 unspecified atom stereocenters. The summed E-state index contributed by atoms with van der Waals surface area (Å²) in [6, 6.07) is -0.271. The van der Waals surface area contributed by atoms with Crippen LogP contribution in [0.2, 0.25) is 0 Å². The number of nitrogens with one attached hydrogen (secondary N) is 1. The second kappa shape index (κ2) is 8.61. The van der Waals surface area contributed by atoms with Gasteiger partial charge in [-0.15, -0.1) is 5.06 Å². The van der Waals surface area contributed by atoms with Crippen molar-refractivity contribution < 1.29 is 24.0 Å². The number of carbonyl (C=O) groups excluding carboxylic acids is 4. The molecule has 1 heterocycles. The minimum Gasteiger partial charge on any atom is -0.354 e. The first-order valence-corrected chi connectivity index (χ1v) is 7.73. The quantitative estimate of drug-likeness (QED) is 0.634. The molecule has 0 spiro atoms. The molecule has 1 aliphatic rings.